The number of ether oxygens (including phenoxy) is 6. The van der Waals surface area contributed by atoms with E-state index in [1.165, 1.54) is 54.8 Å². The fourth-order valence-electron chi connectivity index (χ4n) is 4.83. The number of aliphatic hydroxyl groups is 6. The number of benzene rings is 2. The lowest BCUT2D eigenvalue weighted by molar-refractivity contribution is -0.229. The van der Waals surface area contributed by atoms with Gasteiger partial charge in [-0.25, -0.2) is 0 Å². The van der Waals surface area contributed by atoms with Crippen molar-refractivity contribution in [2.45, 2.75) is 55.7 Å². The smallest absolute Gasteiger partial charge is 0.203 e. The van der Waals surface area contributed by atoms with Gasteiger partial charge >= 0.3 is 0 Å². The number of methoxy groups -OCH3 is 6. The van der Waals surface area contributed by atoms with Crippen LogP contribution in [-0.4, -0.2) is 109 Å². The molecule has 1 unspecified atom stereocenters. The second-order valence-electron chi connectivity index (χ2n) is 9.47. The third-order valence-corrected chi connectivity index (χ3v) is 7.10. The van der Waals surface area contributed by atoms with Crippen LogP contribution in [0.15, 0.2) is 24.3 Å². The van der Waals surface area contributed by atoms with Crippen molar-refractivity contribution in [2.75, 3.05) is 49.3 Å². The minimum atomic E-state index is -2.57. The molecular formula is C28H42O12. The number of hydrogen-bond acceptors (Lipinski definition) is 12. The lowest BCUT2D eigenvalue weighted by Crippen LogP contribution is -2.66. The van der Waals surface area contributed by atoms with E-state index >= 15 is 0 Å². The molecule has 5 atom stereocenters. The highest BCUT2D eigenvalue weighted by Crippen LogP contribution is 2.43. The van der Waals surface area contributed by atoms with Crippen molar-refractivity contribution in [3.8, 4) is 34.5 Å². The molecule has 0 amide bonds. The Balaban J connectivity index is 2.64. The molecule has 6 N–H and O–H groups in total. The first kappa shape index (κ1) is 33.2. The average molecular weight is 571 g/mol. The van der Waals surface area contributed by atoms with Gasteiger partial charge in [0.1, 0.15) is 23.9 Å². The third kappa shape index (κ3) is 6.65. The van der Waals surface area contributed by atoms with E-state index in [0.29, 0.717) is 28.4 Å². The summed E-state index contributed by atoms with van der Waals surface area (Å²) >= 11 is 0. The first-order valence-electron chi connectivity index (χ1n) is 12.6. The zero-order valence-corrected chi connectivity index (χ0v) is 24.0. The summed E-state index contributed by atoms with van der Waals surface area (Å²) in [6.45, 7) is 0.679. The van der Waals surface area contributed by atoms with Gasteiger partial charge in [0.2, 0.25) is 11.5 Å². The van der Waals surface area contributed by atoms with Gasteiger partial charge in [0.05, 0.1) is 54.9 Å². The lowest BCUT2D eigenvalue weighted by Gasteiger charge is -2.46. The van der Waals surface area contributed by atoms with Crippen LogP contribution in [0.4, 0.5) is 0 Å². The van der Waals surface area contributed by atoms with Crippen LogP contribution in [0.25, 0.3) is 0 Å². The van der Waals surface area contributed by atoms with Gasteiger partial charge in [0.15, 0.2) is 23.0 Å². The molecule has 0 aromatic heterocycles. The Morgan fingerprint density at radius 3 is 1.32 bits per heavy atom. The fourth-order valence-corrected chi connectivity index (χ4v) is 4.83. The minimum absolute atomic E-state index is 0.0790. The van der Waals surface area contributed by atoms with Gasteiger partial charge in [-0.15, -0.1) is 0 Å². The van der Waals surface area contributed by atoms with Crippen LogP contribution in [0, 0.1) is 0 Å². The SMILES string of the molecule is CCC(O)(Cc1cc(OC)c(OC)c(OC)c1)[C@@H](O)[C@@](O)(Cc1cc(OC)c(OC)c(OC)c1)[C@H](O)[C@@H](O)CO. The molecule has 0 spiro atoms. The van der Waals surface area contributed by atoms with Crippen molar-refractivity contribution >= 4 is 0 Å². The van der Waals surface area contributed by atoms with Gasteiger partial charge < -0.3 is 59.1 Å². The van der Waals surface area contributed by atoms with Crippen LogP contribution in [0.2, 0.25) is 0 Å². The molecular weight excluding hydrogens is 528 g/mol. The normalized spacial score (nSPS) is 16.6. The fraction of sp³-hybridized carbons (Fsp3) is 0.571. The van der Waals surface area contributed by atoms with E-state index in [9.17, 15) is 30.6 Å². The zero-order valence-electron chi connectivity index (χ0n) is 24.0. The van der Waals surface area contributed by atoms with Gasteiger partial charge in [0.25, 0.3) is 0 Å². The second-order valence-corrected chi connectivity index (χ2v) is 9.47. The highest BCUT2D eigenvalue weighted by molar-refractivity contribution is 5.55. The number of rotatable bonds is 16. The molecule has 0 aliphatic heterocycles. The predicted octanol–water partition coefficient (Wildman–Crippen LogP) is 0.471. The predicted molar refractivity (Wildman–Crippen MR) is 145 cm³/mol. The van der Waals surface area contributed by atoms with E-state index in [1.54, 1.807) is 19.1 Å². The van der Waals surface area contributed by atoms with E-state index in [4.69, 9.17) is 28.4 Å². The van der Waals surface area contributed by atoms with Crippen molar-refractivity contribution in [1.29, 1.82) is 0 Å². The molecule has 12 heteroatoms. The van der Waals surface area contributed by atoms with Crippen LogP contribution < -0.4 is 28.4 Å². The highest BCUT2D eigenvalue weighted by atomic mass is 16.5. The van der Waals surface area contributed by atoms with Crippen LogP contribution in [0.3, 0.4) is 0 Å². The summed E-state index contributed by atoms with van der Waals surface area (Å²) in [5.74, 6) is 1.72. The molecule has 0 aliphatic carbocycles. The summed E-state index contributed by atoms with van der Waals surface area (Å²) in [6, 6.07) is 6.18. The van der Waals surface area contributed by atoms with Crippen molar-refractivity contribution < 1.29 is 59.1 Å². The van der Waals surface area contributed by atoms with E-state index < -0.39 is 42.5 Å². The molecule has 0 saturated heterocycles. The van der Waals surface area contributed by atoms with E-state index in [1.807, 2.05) is 0 Å². The van der Waals surface area contributed by atoms with Crippen molar-refractivity contribution in [3.05, 3.63) is 35.4 Å². The van der Waals surface area contributed by atoms with Crippen molar-refractivity contribution in [2.24, 2.45) is 0 Å². The quantitative estimate of drug-likeness (QED) is 0.165. The maximum absolute atomic E-state index is 11.9. The Labute approximate surface area is 234 Å². The van der Waals surface area contributed by atoms with Gasteiger partial charge in [-0.2, -0.15) is 0 Å². The molecule has 40 heavy (non-hydrogen) atoms. The van der Waals surface area contributed by atoms with Gasteiger partial charge in [-0.1, -0.05) is 6.92 Å². The monoisotopic (exact) mass is 570 g/mol. The van der Waals surface area contributed by atoms with E-state index in [2.05, 4.69) is 0 Å². The molecule has 226 valence electrons. The Morgan fingerprint density at radius 2 is 1.02 bits per heavy atom. The molecule has 2 aromatic rings. The largest absolute Gasteiger partial charge is 0.493 e. The van der Waals surface area contributed by atoms with Gasteiger partial charge in [0, 0.05) is 12.8 Å². The number of aliphatic hydroxyl groups excluding tert-OH is 4. The summed E-state index contributed by atoms with van der Waals surface area (Å²) in [7, 11) is 8.55. The maximum Gasteiger partial charge on any atom is 0.203 e. The highest BCUT2D eigenvalue weighted by Gasteiger charge is 2.54. The molecule has 0 aliphatic rings. The molecule has 0 bridgehead atoms. The Bertz CT molecular complexity index is 1060. The Morgan fingerprint density at radius 1 is 0.650 bits per heavy atom. The van der Waals surface area contributed by atoms with Crippen molar-refractivity contribution in [1.82, 2.24) is 0 Å². The molecule has 0 heterocycles. The van der Waals surface area contributed by atoms with Crippen molar-refractivity contribution in [3.63, 3.8) is 0 Å². The summed E-state index contributed by atoms with van der Waals surface area (Å²) in [5, 5.41) is 66.1. The Hall–Kier alpha value is -3.00. The van der Waals surface area contributed by atoms with Gasteiger partial charge in [-0.05, 0) is 41.8 Å². The van der Waals surface area contributed by atoms with E-state index in [0.717, 1.165) is 0 Å². The Kier molecular flexibility index (Phi) is 11.7. The molecule has 2 aromatic carbocycles. The molecule has 2 rings (SSSR count). The summed E-state index contributed by atoms with van der Waals surface area (Å²) in [5.41, 5.74) is -3.84. The maximum atomic E-state index is 11.9. The van der Waals surface area contributed by atoms with E-state index in [-0.39, 0.29) is 30.1 Å². The second kappa shape index (κ2) is 14.1. The molecule has 0 fully saturated rings. The standard InChI is InChI=1S/C28H42O12/c1-8-27(33,13-16-9-19(35-2)23(39-6)20(10-16)36-3)26(32)28(34,25(31)18(30)15-29)14-17-11-21(37-4)24(40-7)22(12-17)38-5/h9-12,18,25-26,29-34H,8,13-15H2,1-7H3/t18-,25+,26+,27?,28+/m0/s1. The summed E-state index contributed by atoms with van der Waals surface area (Å²) in [4.78, 5) is 0. The summed E-state index contributed by atoms with van der Waals surface area (Å²) < 4.78 is 32.2. The summed E-state index contributed by atoms with van der Waals surface area (Å²) in [6.07, 6.45) is -6.75. The molecule has 0 radical (unpaired) electrons. The van der Waals surface area contributed by atoms with Crippen LogP contribution in [-0.2, 0) is 12.8 Å². The lowest BCUT2D eigenvalue weighted by atomic mass is 9.72. The van der Waals surface area contributed by atoms with Crippen LogP contribution >= 0.6 is 0 Å². The minimum Gasteiger partial charge on any atom is -0.493 e. The first-order chi connectivity index (χ1) is 18.9. The molecule has 0 saturated carbocycles. The van der Waals surface area contributed by atoms with Crippen LogP contribution in [0.5, 0.6) is 34.5 Å². The third-order valence-electron chi connectivity index (χ3n) is 7.10. The first-order valence-corrected chi connectivity index (χ1v) is 12.6. The average Bonchev–Trinajstić information content (AvgIpc) is 2.98. The number of hydrogen-bond donors (Lipinski definition) is 6. The van der Waals surface area contributed by atoms with Gasteiger partial charge in [-0.3, -0.25) is 0 Å². The molecule has 12 nitrogen and oxygen atoms in total. The topological polar surface area (TPSA) is 177 Å². The zero-order chi connectivity index (χ0) is 30.3. The van der Waals surface area contributed by atoms with Crippen LogP contribution in [0.1, 0.15) is 24.5 Å².